The van der Waals surface area contributed by atoms with Gasteiger partial charge < -0.3 is 20.5 Å². The molecule has 140 valence electrons. The summed E-state index contributed by atoms with van der Waals surface area (Å²) < 4.78 is 5.33. The Bertz CT molecular complexity index is 737. The number of aromatic nitrogens is 2. The second-order valence-electron chi connectivity index (χ2n) is 6.71. The van der Waals surface area contributed by atoms with E-state index < -0.39 is 0 Å². The van der Waals surface area contributed by atoms with E-state index >= 15 is 0 Å². The van der Waals surface area contributed by atoms with Gasteiger partial charge in [0.1, 0.15) is 5.15 Å². The van der Waals surface area contributed by atoms with Gasteiger partial charge in [-0.25, -0.2) is 4.98 Å². The number of halogens is 1. The average molecular weight is 377 g/mol. The third kappa shape index (κ3) is 4.63. The second-order valence-corrected chi connectivity index (χ2v) is 7.10. The molecule has 1 aliphatic rings. The van der Waals surface area contributed by atoms with Crippen LogP contribution in [-0.4, -0.2) is 47.0 Å². The van der Waals surface area contributed by atoms with Crippen molar-refractivity contribution in [3.63, 3.8) is 0 Å². The number of anilines is 2. The summed E-state index contributed by atoms with van der Waals surface area (Å²) in [6.45, 7) is 2.15. The van der Waals surface area contributed by atoms with Crippen molar-refractivity contribution < 1.29 is 9.84 Å². The Morgan fingerprint density at radius 2 is 2.15 bits per heavy atom. The normalized spacial score (nSPS) is 20.3. The topological polar surface area (TPSA) is 79.3 Å². The number of ether oxygens (including phenoxy) is 1. The van der Waals surface area contributed by atoms with Crippen molar-refractivity contribution in [1.29, 1.82) is 0 Å². The molecule has 1 fully saturated rings. The van der Waals surface area contributed by atoms with Gasteiger partial charge in [0.15, 0.2) is 0 Å². The predicted molar refractivity (Wildman–Crippen MR) is 105 cm³/mol. The van der Waals surface area contributed by atoms with Crippen molar-refractivity contribution in [2.24, 2.45) is 0 Å². The SMILES string of the molecule is COC1CC(Nc2ccnc(-c3cnc(Cl)cc3N[C@@H](C)CCO)c2)C1. The first-order valence-corrected chi connectivity index (χ1v) is 9.25. The van der Waals surface area contributed by atoms with Gasteiger partial charge in [0, 0.05) is 55.1 Å². The van der Waals surface area contributed by atoms with E-state index in [0.717, 1.165) is 35.5 Å². The summed E-state index contributed by atoms with van der Waals surface area (Å²) in [6.07, 6.45) is 6.56. The minimum Gasteiger partial charge on any atom is -0.396 e. The van der Waals surface area contributed by atoms with Crippen molar-refractivity contribution in [3.8, 4) is 11.3 Å². The predicted octanol–water partition coefficient (Wildman–Crippen LogP) is 3.57. The van der Waals surface area contributed by atoms with Crippen LogP contribution in [0.15, 0.2) is 30.6 Å². The zero-order valence-corrected chi connectivity index (χ0v) is 15.8. The Kier molecular flexibility index (Phi) is 6.29. The Hall–Kier alpha value is -1.89. The number of hydrogen-bond acceptors (Lipinski definition) is 6. The molecule has 3 N–H and O–H groups in total. The van der Waals surface area contributed by atoms with E-state index in [9.17, 15) is 0 Å². The molecule has 0 radical (unpaired) electrons. The molecule has 0 amide bonds. The lowest BCUT2D eigenvalue weighted by Gasteiger charge is -2.35. The lowest BCUT2D eigenvalue weighted by Crippen LogP contribution is -2.40. The van der Waals surface area contributed by atoms with Gasteiger partial charge in [0.25, 0.3) is 0 Å². The van der Waals surface area contributed by atoms with Gasteiger partial charge in [-0.3, -0.25) is 4.98 Å². The van der Waals surface area contributed by atoms with Crippen molar-refractivity contribution in [2.75, 3.05) is 24.4 Å². The molecule has 0 bridgehead atoms. The number of nitrogens with one attached hydrogen (secondary N) is 2. The van der Waals surface area contributed by atoms with Gasteiger partial charge in [-0.2, -0.15) is 0 Å². The highest BCUT2D eigenvalue weighted by molar-refractivity contribution is 6.29. The number of aliphatic hydroxyl groups is 1. The molecule has 7 heteroatoms. The summed E-state index contributed by atoms with van der Waals surface area (Å²) in [5.41, 5.74) is 3.59. The Morgan fingerprint density at radius 3 is 2.88 bits per heavy atom. The number of pyridine rings is 2. The maximum absolute atomic E-state index is 9.13. The van der Waals surface area contributed by atoms with Gasteiger partial charge in [-0.05, 0) is 44.4 Å². The van der Waals surface area contributed by atoms with Crippen LogP contribution in [0.25, 0.3) is 11.3 Å². The maximum atomic E-state index is 9.13. The van der Waals surface area contributed by atoms with Gasteiger partial charge in [-0.15, -0.1) is 0 Å². The molecule has 0 aliphatic heterocycles. The Balaban J connectivity index is 1.79. The number of methoxy groups -OCH3 is 1. The fourth-order valence-corrected chi connectivity index (χ4v) is 3.22. The molecule has 1 aliphatic carbocycles. The van der Waals surface area contributed by atoms with Crippen LogP contribution in [0, 0.1) is 0 Å². The molecule has 0 spiro atoms. The molecule has 1 atom stereocenters. The van der Waals surface area contributed by atoms with Crippen LogP contribution in [0.5, 0.6) is 0 Å². The van der Waals surface area contributed by atoms with E-state index in [-0.39, 0.29) is 12.6 Å². The summed E-state index contributed by atoms with van der Waals surface area (Å²) >= 11 is 6.07. The molecule has 26 heavy (non-hydrogen) atoms. The highest BCUT2D eigenvalue weighted by Gasteiger charge is 2.28. The van der Waals surface area contributed by atoms with Crippen LogP contribution in [0.4, 0.5) is 11.4 Å². The van der Waals surface area contributed by atoms with Gasteiger partial charge >= 0.3 is 0 Å². The zero-order chi connectivity index (χ0) is 18.5. The first-order valence-electron chi connectivity index (χ1n) is 8.87. The van der Waals surface area contributed by atoms with E-state index in [1.807, 2.05) is 19.1 Å². The Morgan fingerprint density at radius 1 is 1.35 bits per heavy atom. The number of aliphatic hydroxyl groups excluding tert-OH is 1. The fraction of sp³-hybridized carbons (Fsp3) is 0.474. The second kappa shape index (κ2) is 8.66. The molecular formula is C19H25ClN4O2. The summed E-state index contributed by atoms with van der Waals surface area (Å²) in [5, 5.41) is 16.5. The minimum absolute atomic E-state index is 0.111. The fourth-order valence-electron chi connectivity index (χ4n) is 3.06. The quantitative estimate of drug-likeness (QED) is 0.611. The standard InChI is InChI=1S/C19H25ClN4O2/c1-12(4-6-25)23-18-10-19(20)22-11-16(18)17-9-13(3-5-21-17)24-14-7-15(8-14)26-2/h3,5,9-12,14-15,25H,4,6-8H2,1-2H3,(H,21,24)(H,22,23)/t12-,14?,15?/m0/s1. The first kappa shape index (κ1) is 18.9. The lowest BCUT2D eigenvalue weighted by molar-refractivity contribution is 0.0329. The van der Waals surface area contributed by atoms with E-state index in [2.05, 4.69) is 20.6 Å². The van der Waals surface area contributed by atoms with Crippen LogP contribution in [0.2, 0.25) is 5.15 Å². The molecule has 0 saturated heterocycles. The van der Waals surface area contributed by atoms with Crippen LogP contribution in [0.1, 0.15) is 26.2 Å². The van der Waals surface area contributed by atoms with E-state index in [0.29, 0.717) is 23.7 Å². The van der Waals surface area contributed by atoms with Crippen LogP contribution in [-0.2, 0) is 4.74 Å². The Labute approximate surface area is 159 Å². The van der Waals surface area contributed by atoms with Gasteiger partial charge in [0.05, 0.1) is 11.8 Å². The first-order chi connectivity index (χ1) is 12.6. The molecule has 0 aromatic carbocycles. The molecule has 0 unspecified atom stereocenters. The highest BCUT2D eigenvalue weighted by atomic mass is 35.5. The summed E-state index contributed by atoms with van der Waals surface area (Å²) in [6, 6.07) is 6.32. The lowest BCUT2D eigenvalue weighted by atomic mass is 9.89. The average Bonchev–Trinajstić information content (AvgIpc) is 2.58. The summed E-state index contributed by atoms with van der Waals surface area (Å²) in [4.78, 5) is 8.71. The molecule has 2 heterocycles. The van der Waals surface area contributed by atoms with Crippen LogP contribution in [0.3, 0.4) is 0 Å². The van der Waals surface area contributed by atoms with Crippen molar-refractivity contribution >= 4 is 23.0 Å². The van der Waals surface area contributed by atoms with Crippen LogP contribution >= 0.6 is 11.6 Å². The molecule has 1 saturated carbocycles. The van der Waals surface area contributed by atoms with Crippen molar-refractivity contribution in [3.05, 3.63) is 35.7 Å². The van der Waals surface area contributed by atoms with E-state index in [1.165, 1.54) is 0 Å². The number of nitrogens with zero attached hydrogens (tertiary/aromatic N) is 2. The molecule has 2 aromatic heterocycles. The molecule has 6 nitrogen and oxygen atoms in total. The molecule has 3 rings (SSSR count). The summed E-state index contributed by atoms with van der Waals surface area (Å²) in [5.74, 6) is 0. The van der Waals surface area contributed by atoms with E-state index in [1.54, 1.807) is 25.6 Å². The maximum Gasteiger partial charge on any atom is 0.131 e. The number of hydrogen-bond donors (Lipinski definition) is 3. The molecular weight excluding hydrogens is 352 g/mol. The van der Waals surface area contributed by atoms with Crippen molar-refractivity contribution in [1.82, 2.24) is 9.97 Å². The number of rotatable bonds is 8. The minimum atomic E-state index is 0.111. The van der Waals surface area contributed by atoms with Gasteiger partial charge in [-0.1, -0.05) is 11.6 Å². The zero-order valence-electron chi connectivity index (χ0n) is 15.1. The monoisotopic (exact) mass is 376 g/mol. The van der Waals surface area contributed by atoms with Crippen LogP contribution < -0.4 is 10.6 Å². The largest absolute Gasteiger partial charge is 0.396 e. The summed E-state index contributed by atoms with van der Waals surface area (Å²) in [7, 11) is 1.76. The third-order valence-electron chi connectivity index (χ3n) is 4.67. The van der Waals surface area contributed by atoms with Crippen molar-refractivity contribution in [2.45, 2.75) is 44.4 Å². The van der Waals surface area contributed by atoms with E-state index in [4.69, 9.17) is 21.4 Å². The van der Waals surface area contributed by atoms with Gasteiger partial charge in [0.2, 0.25) is 0 Å². The molecule has 2 aromatic rings. The third-order valence-corrected chi connectivity index (χ3v) is 4.88. The highest BCUT2D eigenvalue weighted by Crippen LogP contribution is 2.31. The smallest absolute Gasteiger partial charge is 0.131 e.